The number of anilines is 2. The Kier molecular flexibility index (Phi) is 7.79. The maximum absolute atomic E-state index is 14.9. The molecule has 50 heavy (non-hydrogen) atoms. The minimum atomic E-state index is -4.85. The van der Waals surface area contributed by atoms with Gasteiger partial charge in [0, 0.05) is 18.5 Å². The number of aromatic hydroxyl groups is 1. The number of fused-ring (bicyclic) bond motifs is 4. The van der Waals surface area contributed by atoms with Gasteiger partial charge >= 0.3 is 6.18 Å². The average molecular weight is 735 g/mol. The van der Waals surface area contributed by atoms with Crippen molar-refractivity contribution in [2.24, 2.45) is 29.1 Å². The molecule has 7 rings (SSSR count). The SMILES string of the molecule is CN(c1nc(C(F)(F)F)ccc1Cl)N1C(=O)[C@H]2[C@H](CC=C3[C@H]2C[C@H]2C(=O)N(c4ccc(F)c(Cl)c4)C(=O)[C@@]2(C)[C@H]3c2cccc(F)c2O)C1=O. The number of hydrogen-bond donors (Lipinski definition) is 1. The van der Waals surface area contributed by atoms with E-state index in [0.29, 0.717) is 16.6 Å². The number of allylic oxidation sites excluding steroid dienone is 2. The molecule has 0 unspecified atom stereocenters. The van der Waals surface area contributed by atoms with E-state index in [1.165, 1.54) is 32.2 Å². The number of halogens is 7. The lowest BCUT2D eigenvalue weighted by Gasteiger charge is -2.49. The average Bonchev–Trinajstić information content (AvgIpc) is 3.42. The second-order valence-corrected chi connectivity index (χ2v) is 13.8. The monoisotopic (exact) mass is 734 g/mol. The molecule has 2 saturated heterocycles. The summed E-state index contributed by atoms with van der Waals surface area (Å²) in [4.78, 5) is 61.2. The number of benzene rings is 2. The number of imide groups is 2. The second-order valence-electron chi connectivity index (χ2n) is 12.9. The van der Waals surface area contributed by atoms with Gasteiger partial charge in [0.15, 0.2) is 17.4 Å². The number of pyridine rings is 1. The number of para-hydroxylation sites is 1. The molecular formula is C34H25Cl2F5N4O5. The summed E-state index contributed by atoms with van der Waals surface area (Å²) in [6.07, 6.45) is -3.40. The predicted octanol–water partition coefficient (Wildman–Crippen LogP) is 6.67. The summed E-state index contributed by atoms with van der Waals surface area (Å²) in [7, 11) is 1.17. The normalized spacial score (nSPS) is 27.7. The third-order valence-electron chi connectivity index (χ3n) is 10.5. The molecule has 1 aromatic heterocycles. The lowest BCUT2D eigenvalue weighted by Crippen LogP contribution is -2.49. The Hall–Kier alpha value is -4.56. The maximum Gasteiger partial charge on any atom is 0.433 e. The Bertz CT molecular complexity index is 2060. The lowest BCUT2D eigenvalue weighted by molar-refractivity contribution is -0.141. The van der Waals surface area contributed by atoms with E-state index in [1.807, 2.05) is 0 Å². The quantitative estimate of drug-likeness (QED) is 0.181. The van der Waals surface area contributed by atoms with E-state index in [2.05, 4.69) is 4.98 Å². The molecule has 9 nitrogen and oxygen atoms in total. The number of hydrogen-bond acceptors (Lipinski definition) is 7. The topological polar surface area (TPSA) is 111 Å². The molecule has 3 aromatic rings. The standard InChI is InChI=1S/C34H25Cl2F5N4O5/c1-33-19(30(48)44(32(33)50)14-6-10-22(37)21(36)12-14)13-18-15(26(33)17-4-3-5-23(38)27(17)46)7-8-16-25(18)31(49)45(29(16)47)43(2)28-20(35)9-11-24(42-28)34(39,40)41/h3-7,9-12,16,18-19,25-26,46H,8,13H2,1-2H3/t16-,18+,19-,25-,26+,33+/m0/s1. The Balaban J connectivity index is 1.34. The molecule has 16 heteroatoms. The molecule has 2 aliphatic carbocycles. The number of nitrogens with zero attached hydrogens (tertiary/aromatic N) is 4. The third-order valence-corrected chi connectivity index (χ3v) is 11.1. The molecule has 2 aromatic carbocycles. The molecule has 3 heterocycles. The molecule has 0 bridgehead atoms. The highest BCUT2D eigenvalue weighted by atomic mass is 35.5. The number of rotatable bonds is 4. The van der Waals surface area contributed by atoms with Crippen molar-refractivity contribution in [3.8, 4) is 5.75 Å². The first kappa shape index (κ1) is 33.9. The van der Waals surface area contributed by atoms with Gasteiger partial charge in [0.1, 0.15) is 11.5 Å². The molecule has 2 aliphatic heterocycles. The molecule has 4 aliphatic rings. The van der Waals surface area contributed by atoms with Gasteiger partial charge in [0.2, 0.25) is 11.8 Å². The zero-order valence-electron chi connectivity index (χ0n) is 26.0. The van der Waals surface area contributed by atoms with E-state index in [4.69, 9.17) is 23.2 Å². The Morgan fingerprint density at radius 1 is 0.940 bits per heavy atom. The van der Waals surface area contributed by atoms with Crippen molar-refractivity contribution in [3.05, 3.63) is 93.1 Å². The Morgan fingerprint density at radius 3 is 2.34 bits per heavy atom. The van der Waals surface area contributed by atoms with Crippen LogP contribution in [0.1, 0.15) is 36.9 Å². The van der Waals surface area contributed by atoms with Gasteiger partial charge in [0.05, 0.1) is 38.9 Å². The zero-order chi connectivity index (χ0) is 36.2. The summed E-state index contributed by atoms with van der Waals surface area (Å²) in [5.41, 5.74) is -2.60. The van der Waals surface area contributed by atoms with Crippen molar-refractivity contribution >= 4 is 58.3 Å². The lowest BCUT2D eigenvalue weighted by atomic mass is 9.51. The van der Waals surface area contributed by atoms with Crippen LogP contribution in [0.3, 0.4) is 0 Å². The summed E-state index contributed by atoms with van der Waals surface area (Å²) in [6, 6.07) is 8.65. The van der Waals surface area contributed by atoms with E-state index in [0.717, 1.165) is 34.2 Å². The number of carbonyl (C=O) groups is 4. The molecule has 0 radical (unpaired) electrons. The number of hydrazine groups is 1. The highest BCUT2D eigenvalue weighted by Crippen LogP contribution is 2.64. The van der Waals surface area contributed by atoms with Gasteiger partial charge in [-0.25, -0.2) is 18.7 Å². The smallest absolute Gasteiger partial charge is 0.433 e. The van der Waals surface area contributed by atoms with Crippen molar-refractivity contribution in [1.82, 2.24) is 9.99 Å². The van der Waals surface area contributed by atoms with Gasteiger partial charge in [-0.15, -0.1) is 0 Å². The first-order chi connectivity index (χ1) is 23.5. The van der Waals surface area contributed by atoms with E-state index < -0.39 is 93.7 Å². The highest BCUT2D eigenvalue weighted by molar-refractivity contribution is 6.33. The zero-order valence-corrected chi connectivity index (χ0v) is 27.5. The maximum atomic E-state index is 14.9. The van der Waals surface area contributed by atoms with Crippen molar-refractivity contribution in [2.75, 3.05) is 17.0 Å². The number of amides is 4. The fraction of sp³-hybridized carbons (Fsp3) is 0.324. The third kappa shape index (κ3) is 4.74. The minimum Gasteiger partial charge on any atom is -0.505 e. The molecule has 3 fully saturated rings. The van der Waals surface area contributed by atoms with E-state index >= 15 is 0 Å². The van der Waals surface area contributed by atoms with Crippen LogP contribution in [0, 0.1) is 40.7 Å². The van der Waals surface area contributed by atoms with Crippen molar-refractivity contribution < 1.29 is 46.2 Å². The molecule has 6 atom stereocenters. The summed E-state index contributed by atoms with van der Waals surface area (Å²) < 4.78 is 69.6. The van der Waals surface area contributed by atoms with Crippen LogP contribution >= 0.6 is 23.2 Å². The van der Waals surface area contributed by atoms with E-state index in [-0.39, 0.29) is 34.1 Å². The summed E-state index contributed by atoms with van der Waals surface area (Å²) in [5.74, 6) is -11.5. The second kappa shape index (κ2) is 11.5. The van der Waals surface area contributed by atoms with Crippen LogP contribution in [0.4, 0.5) is 33.5 Å². The Labute approximate surface area is 290 Å². The molecule has 0 spiro atoms. The van der Waals surface area contributed by atoms with Gasteiger partial charge in [-0.2, -0.15) is 18.2 Å². The molecule has 260 valence electrons. The van der Waals surface area contributed by atoms with Crippen LogP contribution in [-0.4, -0.2) is 45.8 Å². The van der Waals surface area contributed by atoms with Crippen LogP contribution in [0.2, 0.25) is 10.0 Å². The fourth-order valence-electron chi connectivity index (χ4n) is 8.18. The van der Waals surface area contributed by atoms with Gasteiger partial charge in [-0.3, -0.25) is 24.2 Å². The molecule has 4 amide bonds. The van der Waals surface area contributed by atoms with Crippen LogP contribution < -0.4 is 9.91 Å². The van der Waals surface area contributed by atoms with Crippen LogP contribution in [0.15, 0.2) is 60.2 Å². The van der Waals surface area contributed by atoms with E-state index in [9.17, 15) is 46.2 Å². The predicted molar refractivity (Wildman–Crippen MR) is 169 cm³/mol. The molecule has 1 N–H and O–H groups in total. The largest absolute Gasteiger partial charge is 0.505 e. The number of phenolic OH excluding ortho intramolecular Hbond substituents is 1. The van der Waals surface area contributed by atoms with Crippen molar-refractivity contribution in [2.45, 2.75) is 31.9 Å². The van der Waals surface area contributed by atoms with Crippen LogP contribution in [0.25, 0.3) is 0 Å². The number of carbonyl (C=O) groups excluding carboxylic acids is 4. The van der Waals surface area contributed by atoms with Gasteiger partial charge < -0.3 is 5.11 Å². The summed E-state index contributed by atoms with van der Waals surface area (Å²) in [6.45, 7) is 1.50. The molecule has 1 saturated carbocycles. The van der Waals surface area contributed by atoms with Crippen LogP contribution in [0.5, 0.6) is 5.75 Å². The number of phenols is 1. The number of aromatic nitrogens is 1. The van der Waals surface area contributed by atoms with Gasteiger partial charge in [-0.05, 0) is 62.1 Å². The van der Waals surface area contributed by atoms with Crippen molar-refractivity contribution in [1.29, 1.82) is 0 Å². The highest BCUT2D eigenvalue weighted by Gasteiger charge is 2.68. The van der Waals surface area contributed by atoms with Gasteiger partial charge in [0.25, 0.3) is 11.8 Å². The first-order valence-electron chi connectivity index (χ1n) is 15.3. The summed E-state index contributed by atoms with van der Waals surface area (Å²) in [5, 5.41) is 11.9. The minimum absolute atomic E-state index is 0.0237. The molecular weight excluding hydrogens is 710 g/mol. The van der Waals surface area contributed by atoms with Crippen LogP contribution in [-0.2, 0) is 25.4 Å². The summed E-state index contributed by atoms with van der Waals surface area (Å²) >= 11 is 12.2. The first-order valence-corrected chi connectivity index (χ1v) is 16.1. The van der Waals surface area contributed by atoms with Crippen molar-refractivity contribution in [3.63, 3.8) is 0 Å². The number of alkyl halides is 3. The Morgan fingerprint density at radius 2 is 1.66 bits per heavy atom. The fourth-order valence-corrected chi connectivity index (χ4v) is 8.59. The van der Waals surface area contributed by atoms with Gasteiger partial charge in [-0.1, -0.05) is 47.0 Å². The van der Waals surface area contributed by atoms with E-state index in [1.54, 1.807) is 6.08 Å².